The summed E-state index contributed by atoms with van der Waals surface area (Å²) in [4.78, 5) is 8.37. The molecule has 0 aliphatic heterocycles. The van der Waals surface area contributed by atoms with Gasteiger partial charge >= 0.3 is 0 Å². The molecule has 0 amide bonds. The van der Waals surface area contributed by atoms with Gasteiger partial charge in [-0.05, 0) is 19.8 Å². The third-order valence-corrected chi connectivity index (χ3v) is 2.40. The van der Waals surface area contributed by atoms with Gasteiger partial charge in [0.1, 0.15) is 6.61 Å². The van der Waals surface area contributed by atoms with Crippen molar-refractivity contribution in [1.82, 2.24) is 9.97 Å². The van der Waals surface area contributed by atoms with Gasteiger partial charge in [-0.25, -0.2) is 9.97 Å². The van der Waals surface area contributed by atoms with Crippen LogP contribution in [0.5, 0.6) is 5.88 Å². The van der Waals surface area contributed by atoms with Gasteiger partial charge in [-0.15, -0.1) is 0 Å². The molecule has 96 valence electrons. The molecular weight excluding hydrogens is 240 g/mol. The van der Waals surface area contributed by atoms with Crippen molar-refractivity contribution < 1.29 is 9.47 Å². The van der Waals surface area contributed by atoms with Crippen molar-refractivity contribution >= 4 is 11.6 Å². The molecule has 0 spiro atoms. The van der Waals surface area contributed by atoms with Crippen LogP contribution in [0.2, 0.25) is 5.15 Å². The van der Waals surface area contributed by atoms with E-state index >= 15 is 0 Å². The molecule has 0 saturated carbocycles. The van der Waals surface area contributed by atoms with E-state index in [1.54, 1.807) is 0 Å². The summed E-state index contributed by atoms with van der Waals surface area (Å²) in [7, 11) is 0. The van der Waals surface area contributed by atoms with Gasteiger partial charge in [-0.2, -0.15) is 0 Å². The highest BCUT2D eigenvalue weighted by Gasteiger charge is 2.07. The third kappa shape index (κ3) is 4.88. The molecule has 0 aliphatic carbocycles. The predicted molar refractivity (Wildman–Crippen MR) is 67.7 cm³/mol. The molecule has 0 aromatic carbocycles. The smallest absolute Gasteiger partial charge is 0.252 e. The van der Waals surface area contributed by atoms with Gasteiger partial charge in [0.15, 0.2) is 5.15 Å². The van der Waals surface area contributed by atoms with Crippen molar-refractivity contribution in [2.45, 2.75) is 27.7 Å². The highest BCUT2D eigenvalue weighted by Crippen LogP contribution is 2.20. The summed E-state index contributed by atoms with van der Waals surface area (Å²) >= 11 is 5.93. The lowest BCUT2D eigenvalue weighted by Crippen LogP contribution is -2.11. The van der Waals surface area contributed by atoms with E-state index in [0.29, 0.717) is 30.2 Å². The molecule has 0 aliphatic rings. The Bertz CT molecular complexity index is 370. The maximum Gasteiger partial charge on any atom is 0.252 e. The van der Waals surface area contributed by atoms with E-state index < -0.39 is 0 Å². The predicted octanol–water partition coefficient (Wildman–Crippen LogP) is 2.80. The van der Waals surface area contributed by atoms with Crippen molar-refractivity contribution in [2.24, 2.45) is 5.92 Å². The highest BCUT2D eigenvalue weighted by atomic mass is 35.5. The van der Waals surface area contributed by atoms with Gasteiger partial charge in [0.05, 0.1) is 18.0 Å². The maximum absolute atomic E-state index is 5.93. The Morgan fingerprint density at radius 3 is 2.41 bits per heavy atom. The summed E-state index contributed by atoms with van der Waals surface area (Å²) in [6, 6.07) is 0. The minimum absolute atomic E-state index is 0.303. The van der Waals surface area contributed by atoms with Crippen LogP contribution in [0.3, 0.4) is 0 Å². The van der Waals surface area contributed by atoms with E-state index in [9.17, 15) is 0 Å². The van der Waals surface area contributed by atoms with Crippen LogP contribution in [0.4, 0.5) is 0 Å². The molecule has 5 heteroatoms. The summed E-state index contributed by atoms with van der Waals surface area (Å²) in [6.45, 7) is 9.64. The topological polar surface area (TPSA) is 44.2 Å². The van der Waals surface area contributed by atoms with Crippen molar-refractivity contribution in [1.29, 1.82) is 0 Å². The van der Waals surface area contributed by atoms with Gasteiger partial charge in [-0.3, -0.25) is 0 Å². The van der Waals surface area contributed by atoms with Crippen LogP contribution in [-0.4, -0.2) is 29.8 Å². The lowest BCUT2D eigenvalue weighted by atomic mass is 10.2. The average molecular weight is 259 g/mol. The fraction of sp³-hybridized carbons (Fsp3) is 0.667. The summed E-state index contributed by atoms with van der Waals surface area (Å²) < 4.78 is 10.8. The molecule has 0 radical (unpaired) electrons. The minimum atomic E-state index is 0.303. The molecule has 0 atom stereocenters. The summed E-state index contributed by atoms with van der Waals surface area (Å²) in [5, 5.41) is 0.303. The van der Waals surface area contributed by atoms with Crippen LogP contribution < -0.4 is 4.74 Å². The first-order chi connectivity index (χ1) is 8.00. The molecule has 0 fully saturated rings. The molecule has 0 bridgehead atoms. The second-order valence-corrected chi connectivity index (χ2v) is 4.67. The van der Waals surface area contributed by atoms with E-state index in [1.165, 1.54) is 0 Å². The van der Waals surface area contributed by atoms with Gasteiger partial charge < -0.3 is 9.47 Å². The summed E-state index contributed by atoms with van der Waals surface area (Å²) in [6.07, 6.45) is 0. The Hall–Kier alpha value is -0.870. The largest absolute Gasteiger partial charge is 0.473 e. The molecule has 0 N–H and O–H groups in total. The van der Waals surface area contributed by atoms with Gasteiger partial charge in [0.25, 0.3) is 5.88 Å². The van der Waals surface area contributed by atoms with Crippen LogP contribution in [0.15, 0.2) is 0 Å². The molecule has 4 nitrogen and oxygen atoms in total. The fourth-order valence-electron chi connectivity index (χ4n) is 1.16. The highest BCUT2D eigenvalue weighted by molar-refractivity contribution is 6.30. The Balaban J connectivity index is 2.39. The number of halogens is 1. The average Bonchev–Trinajstić information content (AvgIpc) is 2.24. The third-order valence-electron chi connectivity index (χ3n) is 2.15. The van der Waals surface area contributed by atoms with Crippen LogP contribution in [0.25, 0.3) is 0 Å². The number of nitrogens with zero attached hydrogens (tertiary/aromatic N) is 2. The number of aromatic nitrogens is 2. The lowest BCUT2D eigenvalue weighted by molar-refractivity contribution is 0.0805. The SMILES string of the molecule is Cc1nc(Cl)c(OCCOCC(C)C)nc1C. The Morgan fingerprint density at radius 1 is 1.12 bits per heavy atom. The van der Waals surface area contributed by atoms with E-state index in [1.807, 2.05) is 13.8 Å². The zero-order valence-electron chi connectivity index (χ0n) is 10.8. The number of ether oxygens (including phenoxy) is 2. The van der Waals surface area contributed by atoms with Crippen LogP contribution in [0, 0.1) is 19.8 Å². The molecule has 17 heavy (non-hydrogen) atoms. The summed E-state index contributed by atoms with van der Waals surface area (Å²) in [5.41, 5.74) is 1.64. The van der Waals surface area contributed by atoms with Crippen molar-refractivity contribution in [3.63, 3.8) is 0 Å². The standard InChI is InChI=1S/C12H19ClN2O2/c1-8(2)7-16-5-6-17-12-11(13)14-9(3)10(4)15-12/h8H,5-7H2,1-4H3. The van der Waals surface area contributed by atoms with Crippen molar-refractivity contribution in [3.05, 3.63) is 16.5 Å². The van der Waals surface area contributed by atoms with Crippen LogP contribution >= 0.6 is 11.6 Å². The van der Waals surface area contributed by atoms with E-state index in [4.69, 9.17) is 21.1 Å². The molecule has 0 unspecified atom stereocenters. The zero-order chi connectivity index (χ0) is 12.8. The molecule has 1 heterocycles. The second-order valence-electron chi connectivity index (χ2n) is 4.31. The van der Waals surface area contributed by atoms with E-state index in [0.717, 1.165) is 18.0 Å². The lowest BCUT2D eigenvalue weighted by Gasteiger charge is -2.10. The van der Waals surface area contributed by atoms with Crippen LogP contribution in [0.1, 0.15) is 25.2 Å². The molecule has 1 aromatic rings. The van der Waals surface area contributed by atoms with Crippen LogP contribution in [-0.2, 0) is 4.74 Å². The Labute approximate surface area is 107 Å². The molecule has 0 saturated heterocycles. The zero-order valence-corrected chi connectivity index (χ0v) is 11.5. The Kier molecular flexibility index (Phi) is 5.65. The number of aryl methyl sites for hydroxylation is 2. The number of rotatable bonds is 6. The summed E-state index contributed by atoms with van der Waals surface area (Å²) in [5.74, 6) is 0.905. The van der Waals surface area contributed by atoms with Gasteiger partial charge in [0, 0.05) is 6.61 Å². The first-order valence-corrected chi connectivity index (χ1v) is 6.09. The minimum Gasteiger partial charge on any atom is -0.473 e. The maximum atomic E-state index is 5.93. The fourth-order valence-corrected chi connectivity index (χ4v) is 1.39. The monoisotopic (exact) mass is 258 g/mol. The normalized spacial score (nSPS) is 10.9. The Morgan fingerprint density at radius 2 is 1.76 bits per heavy atom. The van der Waals surface area contributed by atoms with E-state index in [2.05, 4.69) is 23.8 Å². The van der Waals surface area contributed by atoms with Gasteiger partial charge in [0.2, 0.25) is 0 Å². The first-order valence-electron chi connectivity index (χ1n) is 5.72. The first kappa shape index (κ1) is 14.2. The van der Waals surface area contributed by atoms with Crippen molar-refractivity contribution in [3.8, 4) is 5.88 Å². The van der Waals surface area contributed by atoms with Gasteiger partial charge in [-0.1, -0.05) is 25.4 Å². The quantitative estimate of drug-likeness (QED) is 0.736. The number of hydrogen-bond acceptors (Lipinski definition) is 4. The van der Waals surface area contributed by atoms with Crippen molar-refractivity contribution in [2.75, 3.05) is 19.8 Å². The molecule has 1 aromatic heterocycles. The molecular formula is C12H19ClN2O2. The molecule has 1 rings (SSSR count). The van der Waals surface area contributed by atoms with E-state index in [-0.39, 0.29) is 0 Å². The second kappa shape index (κ2) is 6.77. The number of hydrogen-bond donors (Lipinski definition) is 0.